The Kier molecular flexibility index (Phi) is 2.80. The molecule has 0 aliphatic rings. The van der Waals surface area contributed by atoms with Crippen LogP contribution in [0.4, 0.5) is 0 Å². The highest BCUT2D eigenvalue weighted by atomic mass is 32.1. The van der Waals surface area contributed by atoms with Crippen LogP contribution in [-0.4, -0.2) is 15.9 Å². The first-order valence-electron chi connectivity index (χ1n) is 5.84. The molecule has 4 heteroatoms. The van der Waals surface area contributed by atoms with Crippen molar-refractivity contribution in [1.29, 1.82) is 0 Å². The van der Waals surface area contributed by atoms with Gasteiger partial charge in [0.1, 0.15) is 15.5 Å². The number of carbonyl (C=O) groups is 1. The van der Waals surface area contributed by atoms with Gasteiger partial charge in [-0.05, 0) is 19.1 Å². The maximum Gasteiger partial charge on any atom is 0.206 e. The standard InChI is InChI=1S/C15H11NO2S/c1-9-4-6-10(7-5-9)12(17)14-13(18)11-3-2-8-16-15(11)19-14/h2-8,18H,1H3. The summed E-state index contributed by atoms with van der Waals surface area (Å²) in [7, 11) is 0. The van der Waals surface area contributed by atoms with E-state index in [1.165, 1.54) is 11.3 Å². The summed E-state index contributed by atoms with van der Waals surface area (Å²) in [6.07, 6.45) is 1.65. The van der Waals surface area contributed by atoms with Crippen LogP contribution >= 0.6 is 11.3 Å². The molecule has 1 N–H and O–H groups in total. The Hall–Kier alpha value is -2.20. The highest BCUT2D eigenvalue weighted by molar-refractivity contribution is 7.21. The largest absolute Gasteiger partial charge is 0.506 e. The lowest BCUT2D eigenvalue weighted by Crippen LogP contribution is -1.98. The topological polar surface area (TPSA) is 50.2 Å². The van der Waals surface area contributed by atoms with Gasteiger partial charge in [-0.2, -0.15) is 0 Å². The predicted molar refractivity (Wildman–Crippen MR) is 75.9 cm³/mol. The van der Waals surface area contributed by atoms with Crippen molar-refractivity contribution in [3.05, 3.63) is 58.6 Å². The van der Waals surface area contributed by atoms with E-state index in [0.717, 1.165) is 5.56 Å². The molecular weight excluding hydrogens is 258 g/mol. The van der Waals surface area contributed by atoms with Crippen LogP contribution in [-0.2, 0) is 0 Å². The molecule has 3 nitrogen and oxygen atoms in total. The Morgan fingerprint density at radius 3 is 2.63 bits per heavy atom. The van der Waals surface area contributed by atoms with Crippen LogP contribution in [0.1, 0.15) is 20.8 Å². The molecule has 0 aliphatic heterocycles. The van der Waals surface area contributed by atoms with Crippen LogP contribution in [0.3, 0.4) is 0 Å². The van der Waals surface area contributed by atoms with Crippen molar-refractivity contribution in [3.8, 4) is 5.75 Å². The zero-order valence-electron chi connectivity index (χ0n) is 10.3. The fourth-order valence-electron chi connectivity index (χ4n) is 1.91. The molecule has 0 spiro atoms. The summed E-state index contributed by atoms with van der Waals surface area (Å²) < 4.78 is 0. The van der Waals surface area contributed by atoms with E-state index >= 15 is 0 Å². The van der Waals surface area contributed by atoms with Gasteiger partial charge in [-0.15, -0.1) is 11.3 Å². The maximum absolute atomic E-state index is 12.4. The Balaban J connectivity index is 2.11. The Morgan fingerprint density at radius 1 is 1.21 bits per heavy atom. The van der Waals surface area contributed by atoms with Gasteiger partial charge in [-0.25, -0.2) is 4.98 Å². The van der Waals surface area contributed by atoms with Crippen molar-refractivity contribution in [3.63, 3.8) is 0 Å². The number of nitrogens with zero attached hydrogens (tertiary/aromatic N) is 1. The lowest BCUT2D eigenvalue weighted by Gasteiger charge is -1.99. The third-order valence-corrected chi connectivity index (χ3v) is 4.06. The number of ketones is 1. The lowest BCUT2D eigenvalue weighted by atomic mass is 10.1. The van der Waals surface area contributed by atoms with Crippen LogP contribution in [0, 0.1) is 6.92 Å². The average Bonchev–Trinajstić information content (AvgIpc) is 2.77. The maximum atomic E-state index is 12.4. The molecule has 0 radical (unpaired) electrons. The van der Waals surface area contributed by atoms with Crippen LogP contribution in [0.2, 0.25) is 0 Å². The van der Waals surface area contributed by atoms with E-state index in [2.05, 4.69) is 4.98 Å². The molecule has 94 valence electrons. The Labute approximate surface area is 114 Å². The summed E-state index contributed by atoms with van der Waals surface area (Å²) in [5, 5.41) is 10.8. The van der Waals surface area contributed by atoms with Crippen LogP contribution < -0.4 is 0 Å². The number of fused-ring (bicyclic) bond motifs is 1. The van der Waals surface area contributed by atoms with Crippen molar-refractivity contribution >= 4 is 27.3 Å². The number of hydrogen-bond donors (Lipinski definition) is 1. The molecule has 3 rings (SSSR count). The molecule has 0 saturated carbocycles. The van der Waals surface area contributed by atoms with E-state index in [-0.39, 0.29) is 11.5 Å². The minimum atomic E-state index is -0.166. The molecule has 0 unspecified atom stereocenters. The van der Waals surface area contributed by atoms with Gasteiger partial charge in [0.25, 0.3) is 0 Å². The summed E-state index contributed by atoms with van der Waals surface area (Å²) in [5.74, 6) is -0.140. The van der Waals surface area contributed by atoms with E-state index in [1.54, 1.807) is 30.5 Å². The number of benzene rings is 1. The number of rotatable bonds is 2. The van der Waals surface area contributed by atoms with E-state index in [4.69, 9.17) is 0 Å². The van der Waals surface area contributed by atoms with Gasteiger partial charge in [0.15, 0.2) is 0 Å². The molecular formula is C15H11NO2S. The molecule has 0 bridgehead atoms. The summed E-state index contributed by atoms with van der Waals surface area (Å²) in [4.78, 5) is 17.6. The fraction of sp³-hybridized carbons (Fsp3) is 0.0667. The van der Waals surface area contributed by atoms with E-state index in [9.17, 15) is 9.90 Å². The molecule has 2 heterocycles. The highest BCUT2D eigenvalue weighted by Crippen LogP contribution is 2.36. The normalized spacial score (nSPS) is 10.8. The molecule has 0 aliphatic carbocycles. The number of aromatic nitrogens is 1. The quantitative estimate of drug-likeness (QED) is 0.724. The second-order valence-electron chi connectivity index (χ2n) is 4.33. The van der Waals surface area contributed by atoms with Crippen molar-refractivity contribution in [2.45, 2.75) is 6.92 Å². The van der Waals surface area contributed by atoms with Crippen molar-refractivity contribution < 1.29 is 9.90 Å². The van der Waals surface area contributed by atoms with Crippen LogP contribution in [0.15, 0.2) is 42.6 Å². The molecule has 3 aromatic rings. The first-order chi connectivity index (χ1) is 9.16. The van der Waals surface area contributed by atoms with Gasteiger partial charge in [0, 0.05) is 11.8 Å². The first kappa shape index (κ1) is 11.9. The number of carbonyl (C=O) groups excluding carboxylic acids is 1. The van der Waals surface area contributed by atoms with Crippen LogP contribution in [0.25, 0.3) is 10.2 Å². The molecule has 2 aromatic heterocycles. The van der Waals surface area contributed by atoms with Crippen molar-refractivity contribution in [2.24, 2.45) is 0 Å². The summed E-state index contributed by atoms with van der Waals surface area (Å²) in [6, 6.07) is 10.8. The zero-order valence-corrected chi connectivity index (χ0v) is 11.1. The molecule has 0 fully saturated rings. The van der Waals surface area contributed by atoms with Gasteiger partial charge in [-0.1, -0.05) is 29.8 Å². The first-order valence-corrected chi connectivity index (χ1v) is 6.66. The number of thiophene rings is 1. The molecule has 19 heavy (non-hydrogen) atoms. The van der Waals surface area contributed by atoms with Gasteiger partial charge in [-0.3, -0.25) is 4.79 Å². The van der Waals surface area contributed by atoms with Crippen LogP contribution in [0.5, 0.6) is 5.75 Å². The zero-order chi connectivity index (χ0) is 13.4. The summed E-state index contributed by atoms with van der Waals surface area (Å²) >= 11 is 1.22. The molecule has 1 aromatic carbocycles. The second kappa shape index (κ2) is 4.48. The van der Waals surface area contributed by atoms with Crippen molar-refractivity contribution in [2.75, 3.05) is 0 Å². The number of hydrogen-bond acceptors (Lipinski definition) is 4. The van der Waals surface area contributed by atoms with E-state index in [0.29, 0.717) is 20.7 Å². The minimum Gasteiger partial charge on any atom is -0.506 e. The SMILES string of the molecule is Cc1ccc(C(=O)c2sc3ncccc3c2O)cc1. The second-order valence-corrected chi connectivity index (χ2v) is 5.33. The smallest absolute Gasteiger partial charge is 0.206 e. The van der Waals surface area contributed by atoms with E-state index < -0.39 is 0 Å². The fourth-order valence-corrected chi connectivity index (χ4v) is 2.91. The minimum absolute atomic E-state index is 0.0266. The third-order valence-electron chi connectivity index (χ3n) is 2.96. The molecule has 0 atom stereocenters. The van der Waals surface area contributed by atoms with E-state index in [1.807, 2.05) is 19.1 Å². The number of pyridine rings is 1. The predicted octanol–water partition coefficient (Wildman–Crippen LogP) is 3.54. The molecule has 0 saturated heterocycles. The summed E-state index contributed by atoms with van der Waals surface area (Å²) in [5.41, 5.74) is 1.67. The van der Waals surface area contributed by atoms with Gasteiger partial charge in [0.05, 0.1) is 5.39 Å². The lowest BCUT2D eigenvalue weighted by molar-refractivity contribution is 0.104. The average molecular weight is 269 g/mol. The van der Waals surface area contributed by atoms with Gasteiger partial charge >= 0.3 is 0 Å². The monoisotopic (exact) mass is 269 g/mol. The number of aryl methyl sites for hydroxylation is 1. The third kappa shape index (κ3) is 2.00. The van der Waals surface area contributed by atoms with Gasteiger partial charge in [0.2, 0.25) is 5.78 Å². The Bertz CT molecular complexity index is 759. The van der Waals surface area contributed by atoms with Crippen molar-refractivity contribution in [1.82, 2.24) is 4.98 Å². The number of aromatic hydroxyl groups is 1. The summed E-state index contributed by atoms with van der Waals surface area (Å²) in [6.45, 7) is 1.97. The molecule has 0 amide bonds. The highest BCUT2D eigenvalue weighted by Gasteiger charge is 2.19. The van der Waals surface area contributed by atoms with Gasteiger partial charge < -0.3 is 5.11 Å². The Morgan fingerprint density at radius 2 is 1.95 bits per heavy atom.